The predicted molar refractivity (Wildman–Crippen MR) is 93.7 cm³/mol. The van der Waals surface area contributed by atoms with E-state index in [4.69, 9.17) is 9.47 Å². The minimum atomic E-state index is -1.59. The third-order valence-corrected chi connectivity index (χ3v) is 4.70. The fourth-order valence-corrected chi connectivity index (χ4v) is 3.45. The Labute approximate surface area is 146 Å². The molecule has 2 aromatic carbocycles. The van der Waals surface area contributed by atoms with Crippen molar-refractivity contribution in [1.82, 2.24) is 0 Å². The molecule has 0 bridgehead atoms. The molecule has 0 heterocycles. The van der Waals surface area contributed by atoms with Crippen molar-refractivity contribution in [3.05, 3.63) is 66.2 Å². The zero-order valence-electron chi connectivity index (χ0n) is 13.7. The highest BCUT2D eigenvalue weighted by Crippen LogP contribution is 2.43. The first kappa shape index (κ1) is 18.1. The average molecular weight is 344 g/mol. The molecule has 0 aliphatic heterocycles. The largest absolute Gasteiger partial charge is 0.464 e. The first-order valence-electron chi connectivity index (χ1n) is 7.79. The lowest BCUT2D eigenvalue weighted by atomic mass is 9.98. The second-order valence-electron chi connectivity index (χ2n) is 4.90. The summed E-state index contributed by atoms with van der Waals surface area (Å²) in [4.78, 5) is 26.5. The zero-order chi connectivity index (χ0) is 17.4. The predicted octanol–water partition coefficient (Wildman–Crippen LogP) is 3.80. The summed E-state index contributed by atoms with van der Waals surface area (Å²) < 4.78 is 8.89. The number of hydrogen-bond acceptors (Lipinski definition) is 5. The molecule has 2 aromatic rings. The summed E-state index contributed by atoms with van der Waals surface area (Å²) in [7, 11) is 0. The molecule has 0 saturated heterocycles. The molecule has 2 rings (SSSR count). The average Bonchev–Trinajstić information content (AvgIpc) is 2.61. The van der Waals surface area contributed by atoms with Gasteiger partial charge in [0.1, 0.15) is 0 Å². The van der Waals surface area contributed by atoms with Crippen LogP contribution in [0.15, 0.2) is 65.6 Å². The molecule has 4 nitrogen and oxygen atoms in total. The molecular weight excluding hydrogens is 324 g/mol. The van der Waals surface area contributed by atoms with Crippen LogP contribution in [0.25, 0.3) is 0 Å². The van der Waals surface area contributed by atoms with Crippen LogP contribution >= 0.6 is 11.8 Å². The summed E-state index contributed by atoms with van der Waals surface area (Å²) in [6.45, 7) is 3.79. The molecule has 0 aliphatic rings. The van der Waals surface area contributed by atoms with Crippen molar-refractivity contribution in [2.75, 3.05) is 13.2 Å². The highest BCUT2D eigenvalue weighted by atomic mass is 32.2. The number of carbonyl (C=O) groups is 2. The topological polar surface area (TPSA) is 52.6 Å². The number of esters is 2. The first-order valence-corrected chi connectivity index (χ1v) is 8.60. The van der Waals surface area contributed by atoms with Gasteiger partial charge >= 0.3 is 11.9 Å². The Morgan fingerprint density at radius 1 is 0.833 bits per heavy atom. The van der Waals surface area contributed by atoms with Crippen LogP contribution in [-0.4, -0.2) is 25.2 Å². The van der Waals surface area contributed by atoms with Gasteiger partial charge in [-0.3, -0.25) is 0 Å². The Morgan fingerprint density at radius 2 is 1.29 bits per heavy atom. The van der Waals surface area contributed by atoms with Crippen LogP contribution in [0.5, 0.6) is 0 Å². The van der Waals surface area contributed by atoms with Gasteiger partial charge in [0, 0.05) is 4.90 Å². The Hall–Kier alpha value is -2.27. The number of ether oxygens (including phenoxy) is 2. The monoisotopic (exact) mass is 344 g/mol. The quantitative estimate of drug-likeness (QED) is 0.434. The molecule has 0 saturated carbocycles. The van der Waals surface area contributed by atoms with E-state index in [9.17, 15) is 9.59 Å². The van der Waals surface area contributed by atoms with E-state index in [1.54, 1.807) is 38.1 Å². The molecule has 0 amide bonds. The number of hydrogen-bond donors (Lipinski definition) is 0. The molecule has 0 aliphatic carbocycles. The van der Waals surface area contributed by atoms with E-state index in [2.05, 4.69) is 0 Å². The zero-order valence-corrected chi connectivity index (χ0v) is 14.5. The summed E-state index contributed by atoms with van der Waals surface area (Å²) in [5, 5.41) is 0. The van der Waals surface area contributed by atoms with Crippen molar-refractivity contribution in [2.24, 2.45) is 0 Å². The fraction of sp³-hybridized carbons (Fsp3) is 0.263. The van der Waals surface area contributed by atoms with Crippen molar-refractivity contribution >= 4 is 23.7 Å². The van der Waals surface area contributed by atoms with Crippen molar-refractivity contribution in [2.45, 2.75) is 23.5 Å². The normalized spacial score (nSPS) is 10.9. The van der Waals surface area contributed by atoms with Gasteiger partial charge in [0.05, 0.1) is 13.2 Å². The Morgan fingerprint density at radius 3 is 1.75 bits per heavy atom. The first-order chi connectivity index (χ1) is 11.6. The standard InChI is InChI=1S/C19H20O4S/c1-3-22-17(20)19(18(21)23-4-2,15-11-7-5-8-12-15)24-16-13-9-6-10-14-16/h5-14H,3-4H2,1-2H3. The fourth-order valence-electron chi connectivity index (χ4n) is 2.26. The maximum atomic E-state index is 12.8. The molecule has 0 unspecified atom stereocenters. The Kier molecular flexibility index (Phi) is 6.44. The van der Waals surface area contributed by atoms with E-state index >= 15 is 0 Å². The van der Waals surface area contributed by atoms with Crippen LogP contribution in [0.3, 0.4) is 0 Å². The molecule has 0 atom stereocenters. The van der Waals surface area contributed by atoms with Crippen molar-refractivity contribution < 1.29 is 19.1 Å². The summed E-state index contributed by atoms with van der Waals surface area (Å²) in [5.41, 5.74) is 0.538. The number of benzene rings is 2. The minimum Gasteiger partial charge on any atom is -0.464 e. The van der Waals surface area contributed by atoms with E-state index in [1.165, 1.54) is 0 Å². The molecule has 0 radical (unpaired) electrons. The molecule has 24 heavy (non-hydrogen) atoms. The Balaban J connectivity index is 2.58. The molecular formula is C19H20O4S. The highest BCUT2D eigenvalue weighted by Gasteiger charge is 2.51. The molecule has 5 heteroatoms. The van der Waals surface area contributed by atoms with Crippen LogP contribution in [0, 0.1) is 0 Å². The van der Waals surface area contributed by atoms with E-state index in [-0.39, 0.29) is 13.2 Å². The molecule has 126 valence electrons. The van der Waals surface area contributed by atoms with E-state index < -0.39 is 16.7 Å². The lowest BCUT2D eigenvalue weighted by Crippen LogP contribution is -2.43. The number of thioether (sulfide) groups is 1. The number of rotatable bonds is 7. The second kappa shape index (κ2) is 8.55. The lowest BCUT2D eigenvalue weighted by Gasteiger charge is -2.29. The van der Waals surface area contributed by atoms with Gasteiger partial charge in [-0.05, 0) is 31.5 Å². The van der Waals surface area contributed by atoms with Gasteiger partial charge in [-0.2, -0.15) is 0 Å². The maximum Gasteiger partial charge on any atom is 0.338 e. The highest BCUT2D eigenvalue weighted by molar-refractivity contribution is 8.01. The van der Waals surface area contributed by atoms with Gasteiger partial charge < -0.3 is 9.47 Å². The van der Waals surface area contributed by atoms with Gasteiger partial charge in [-0.25, -0.2) is 9.59 Å². The van der Waals surface area contributed by atoms with Crippen LogP contribution < -0.4 is 0 Å². The third-order valence-electron chi connectivity index (χ3n) is 3.32. The summed E-state index contributed by atoms with van der Waals surface area (Å²) in [6, 6.07) is 18.2. The minimum absolute atomic E-state index is 0.183. The third kappa shape index (κ3) is 3.79. The van der Waals surface area contributed by atoms with E-state index in [0.717, 1.165) is 16.7 Å². The van der Waals surface area contributed by atoms with Gasteiger partial charge in [-0.15, -0.1) is 0 Å². The molecule has 0 N–H and O–H groups in total. The van der Waals surface area contributed by atoms with Gasteiger partial charge in [-0.1, -0.05) is 60.3 Å². The van der Waals surface area contributed by atoms with Gasteiger partial charge in [0.15, 0.2) is 0 Å². The SMILES string of the molecule is CCOC(=O)C(Sc1ccccc1)(C(=O)OCC)c1ccccc1. The second-order valence-corrected chi connectivity index (χ2v) is 6.19. The molecule has 0 spiro atoms. The van der Waals surface area contributed by atoms with Crippen molar-refractivity contribution in [3.8, 4) is 0 Å². The van der Waals surface area contributed by atoms with Gasteiger partial charge in [0.2, 0.25) is 4.75 Å². The molecule has 0 aromatic heterocycles. The van der Waals surface area contributed by atoms with Crippen LogP contribution in [0.2, 0.25) is 0 Å². The summed E-state index contributed by atoms with van der Waals surface area (Å²) in [5.74, 6) is -1.24. The Bertz CT molecular complexity index is 652. The molecule has 0 fully saturated rings. The van der Waals surface area contributed by atoms with Crippen molar-refractivity contribution in [3.63, 3.8) is 0 Å². The summed E-state index contributed by atoms with van der Waals surface area (Å²) >= 11 is 1.14. The van der Waals surface area contributed by atoms with E-state index in [1.807, 2.05) is 36.4 Å². The maximum absolute atomic E-state index is 12.8. The lowest BCUT2D eigenvalue weighted by molar-refractivity contribution is -0.159. The van der Waals surface area contributed by atoms with Crippen LogP contribution in [0.4, 0.5) is 0 Å². The van der Waals surface area contributed by atoms with E-state index in [0.29, 0.717) is 5.56 Å². The number of carbonyl (C=O) groups excluding carboxylic acids is 2. The van der Waals surface area contributed by atoms with Crippen LogP contribution in [-0.2, 0) is 23.8 Å². The van der Waals surface area contributed by atoms with Gasteiger partial charge in [0.25, 0.3) is 0 Å². The van der Waals surface area contributed by atoms with Crippen molar-refractivity contribution in [1.29, 1.82) is 0 Å². The smallest absolute Gasteiger partial charge is 0.338 e. The summed E-state index contributed by atoms with van der Waals surface area (Å²) in [6.07, 6.45) is 0. The van der Waals surface area contributed by atoms with Crippen LogP contribution in [0.1, 0.15) is 19.4 Å².